The van der Waals surface area contributed by atoms with E-state index in [4.69, 9.17) is 4.74 Å². The van der Waals surface area contributed by atoms with E-state index < -0.39 is 5.97 Å². The van der Waals surface area contributed by atoms with E-state index in [2.05, 4.69) is 21.2 Å². The van der Waals surface area contributed by atoms with Gasteiger partial charge in [0.15, 0.2) is 6.61 Å². The van der Waals surface area contributed by atoms with Gasteiger partial charge in [0.05, 0.1) is 0 Å². The van der Waals surface area contributed by atoms with Crippen molar-refractivity contribution in [2.75, 3.05) is 11.9 Å². The Morgan fingerprint density at radius 3 is 2.78 bits per heavy atom. The first-order chi connectivity index (χ1) is 8.52. The number of aryl methyl sites for hydroxylation is 1. The molecule has 0 heterocycles. The highest BCUT2D eigenvalue weighted by Gasteiger charge is 2.06. The van der Waals surface area contributed by atoms with Gasteiger partial charge in [-0.1, -0.05) is 28.1 Å². The van der Waals surface area contributed by atoms with E-state index in [-0.39, 0.29) is 12.5 Å². The van der Waals surface area contributed by atoms with Crippen LogP contribution in [0.1, 0.15) is 12.5 Å². The molecule has 1 N–H and O–H groups in total. The number of carbonyl (C=O) groups is 2. The van der Waals surface area contributed by atoms with Crippen LogP contribution in [-0.4, -0.2) is 18.5 Å². The monoisotopic (exact) mass is 311 g/mol. The molecular weight excluding hydrogens is 298 g/mol. The van der Waals surface area contributed by atoms with Crippen LogP contribution >= 0.6 is 15.9 Å². The highest BCUT2D eigenvalue weighted by atomic mass is 79.9. The molecule has 0 saturated carbocycles. The number of rotatable bonds is 4. The Kier molecular flexibility index (Phi) is 5.58. The average molecular weight is 312 g/mol. The van der Waals surface area contributed by atoms with E-state index in [1.807, 2.05) is 13.0 Å². The van der Waals surface area contributed by atoms with Crippen molar-refractivity contribution in [3.8, 4) is 0 Å². The summed E-state index contributed by atoms with van der Waals surface area (Å²) in [6.45, 7) is 3.36. The minimum absolute atomic E-state index is 0.297. The Balaban J connectivity index is 2.49. The van der Waals surface area contributed by atoms with Gasteiger partial charge in [0.2, 0.25) is 0 Å². The van der Waals surface area contributed by atoms with Crippen LogP contribution in [-0.2, 0) is 14.3 Å². The number of anilines is 1. The fraction of sp³-hybridized carbons (Fsp3) is 0.231. The second-order valence-corrected chi connectivity index (χ2v) is 4.47. The molecule has 0 aliphatic heterocycles. The highest BCUT2D eigenvalue weighted by Crippen LogP contribution is 2.20. The molecule has 4 nitrogen and oxygen atoms in total. The smallest absolute Gasteiger partial charge is 0.330 e. The lowest BCUT2D eigenvalue weighted by molar-refractivity contribution is -0.142. The molecule has 1 aromatic carbocycles. The van der Waals surface area contributed by atoms with E-state index in [0.29, 0.717) is 5.69 Å². The van der Waals surface area contributed by atoms with Crippen molar-refractivity contribution in [1.29, 1.82) is 0 Å². The number of halogens is 1. The van der Waals surface area contributed by atoms with Gasteiger partial charge in [-0.25, -0.2) is 4.79 Å². The van der Waals surface area contributed by atoms with Crippen LogP contribution in [0.25, 0.3) is 0 Å². The van der Waals surface area contributed by atoms with Gasteiger partial charge in [-0.3, -0.25) is 4.79 Å². The van der Waals surface area contributed by atoms with Crippen molar-refractivity contribution in [1.82, 2.24) is 0 Å². The summed E-state index contributed by atoms with van der Waals surface area (Å²) in [5.41, 5.74) is 1.73. The van der Waals surface area contributed by atoms with Crippen LogP contribution in [0.2, 0.25) is 0 Å². The third kappa shape index (κ3) is 4.71. The molecule has 0 atom stereocenters. The lowest BCUT2D eigenvalue weighted by Crippen LogP contribution is -2.20. The van der Waals surface area contributed by atoms with Crippen LogP contribution in [0.3, 0.4) is 0 Å². The van der Waals surface area contributed by atoms with Crippen molar-refractivity contribution in [2.24, 2.45) is 0 Å². The molecule has 0 aromatic heterocycles. The van der Waals surface area contributed by atoms with Gasteiger partial charge in [-0.15, -0.1) is 0 Å². The summed E-state index contributed by atoms with van der Waals surface area (Å²) >= 11 is 3.37. The SMILES string of the molecule is C/C=C/C(=O)OCC(=O)Nc1ccc(C)c(Br)c1. The van der Waals surface area contributed by atoms with E-state index in [0.717, 1.165) is 10.0 Å². The second kappa shape index (κ2) is 6.96. The van der Waals surface area contributed by atoms with Gasteiger partial charge >= 0.3 is 5.97 Å². The Bertz CT molecular complexity index is 483. The Morgan fingerprint density at radius 2 is 2.17 bits per heavy atom. The van der Waals surface area contributed by atoms with Gasteiger partial charge in [0, 0.05) is 16.2 Å². The lowest BCUT2D eigenvalue weighted by atomic mass is 10.2. The molecule has 0 fully saturated rings. The minimum atomic E-state index is -0.530. The maximum Gasteiger partial charge on any atom is 0.330 e. The van der Waals surface area contributed by atoms with E-state index >= 15 is 0 Å². The normalized spacial score (nSPS) is 10.4. The van der Waals surface area contributed by atoms with Crippen LogP contribution in [0.5, 0.6) is 0 Å². The molecule has 0 spiro atoms. The molecule has 0 aliphatic rings. The van der Waals surface area contributed by atoms with E-state index in [1.54, 1.807) is 25.1 Å². The standard InChI is InChI=1S/C13H14BrNO3/c1-3-4-13(17)18-8-12(16)15-10-6-5-9(2)11(14)7-10/h3-7H,8H2,1-2H3,(H,15,16)/b4-3+. The molecule has 1 rings (SSSR count). The fourth-order valence-corrected chi connectivity index (χ4v) is 1.57. The zero-order valence-electron chi connectivity index (χ0n) is 10.2. The number of carbonyl (C=O) groups excluding carboxylic acids is 2. The third-order valence-electron chi connectivity index (χ3n) is 2.10. The summed E-state index contributed by atoms with van der Waals surface area (Å²) in [6, 6.07) is 5.46. The highest BCUT2D eigenvalue weighted by molar-refractivity contribution is 9.10. The molecule has 0 radical (unpaired) electrons. The number of nitrogens with one attached hydrogen (secondary N) is 1. The summed E-state index contributed by atoms with van der Waals surface area (Å²) < 4.78 is 5.63. The predicted molar refractivity (Wildman–Crippen MR) is 73.3 cm³/mol. The predicted octanol–water partition coefficient (Wildman–Crippen LogP) is 2.82. The van der Waals surface area contributed by atoms with Crippen molar-refractivity contribution >= 4 is 33.5 Å². The first-order valence-corrected chi connectivity index (χ1v) is 6.17. The number of amides is 1. The van der Waals surface area contributed by atoms with Gasteiger partial charge in [0.1, 0.15) is 0 Å². The summed E-state index contributed by atoms with van der Waals surface area (Å²) in [6.07, 6.45) is 2.81. The molecule has 18 heavy (non-hydrogen) atoms. The molecule has 0 bridgehead atoms. The van der Waals surface area contributed by atoms with E-state index in [9.17, 15) is 9.59 Å². The first-order valence-electron chi connectivity index (χ1n) is 5.38. The molecule has 0 saturated heterocycles. The third-order valence-corrected chi connectivity index (χ3v) is 2.96. The van der Waals surface area contributed by atoms with Crippen LogP contribution in [0.15, 0.2) is 34.8 Å². The number of allylic oxidation sites excluding steroid dienone is 1. The maximum absolute atomic E-state index is 11.5. The van der Waals surface area contributed by atoms with Crippen LogP contribution in [0, 0.1) is 6.92 Å². The molecule has 1 aromatic rings. The van der Waals surface area contributed by atoms with Crippen molar-refractivity contribution in [3.05, 3.63) is 40.4 Å². The summed E-state index contributed by atoms with van der Waals surface area (Å²) in [5, 5.41) is 2.64. The molecule has 0 unspecified atom stereocenters. The average Bonchev–Trinajstić information content (AvgIpc) is 2.32. The van der Waals surface area contributed by atoms with Crippen molar-refractivity contribution in [3.63, 3.8) is 0 Å². The number of hydrogen-bond acceptors (Lipinski definition) is 3. The second-order valence-electron chi connectivity index (χ2n) is 3.62. The molecule has 0 aliphatic carbocycles. The Hall–Kier alpha value is -1.62. The molecule has 5 heteroatoms. The molecular formula is C13H14BrNO3. The van der Waals surface area contributed by atoms with Crippen molar-refractivity contribution < 1.29 is 14.3 Å². The number of ether oxygens (including phenoxy) is 1. The number of benzene rings is 1. The maximum atomic E-state index is 11.5. The quantitative estimate of drug-likeness (QED) is 0.687. The Labute approximate surface area is 114 Å². The lowest BCUT2D eigenvalue weighted by Gasteiger charge is -2.07. The number of esters is 1. The summed E-state index contributed by atoms with van der Waals surface area (Å²) in [7, 11) is 0. The minimum Gasteiger partial charge on any atom is -0.452 e. The molecule has 96 valence electrons. The van der Waals surface area contributed by atoms with Gasteiger partial charge < -0.3 is 10.1 Å². The van der Waals surface area contributed by atoms with Gasteiger partial charge in [-0.2, -0.15) is 0 Å². The molecule has 1 amide bonds. The topological polar surface area (TPSA) is 55.4 Å². The van der Waals surface area contributed by atoms with Crippen LogP contribution < -0.4 is 5.32 Å². The van der Waals surface area contributed by atoms with E-state index in [1.165, 1.54) is 6.08 Å². The number of hydrogen-bond donors (Lipinski definition) is 1. The van der Waals surface area contributed by atoms with Gasteiger partial charge in [0.25, 0.3) is 5.91 Å². The van der Waals surface area contributed by atoms with Crippen molar-refractivity contribution in [2.45, 2.75) is 13.8 Å². The fourth-order valence-electron chi connectivity index (χ4n) is 1.19. The zero-order chi connectivity index (χ0) is 13.5. The zero-order valence-corrected chi connectivity index (χ0v) is 11.8. The van der Waals surface area contributed by atoms with Crippen LogP contribution in [0.4, 0.5) is 5.69 Å². The van der Waals surface area contributed by atoms with Gasteiger partial charge in [-0.05, 0) is 31.5 Å². The first kappa shape index (κ1) is 14.4. The summed E-state index contributed by atoms with van der Waals surface area (Å²) in [4.78, 5) is 22.5. The Morgan fingerprint density at radius 1 is 1.44 bits per heavy atom. The largest absolute Gasteiger partial charge is 0.452 e. The summed E-state index contributed by atoms with van der Waals surface area (Å²) in [5.74, 6) is -0.902.